The maximum absolute atomic E-state index is 4.36. The number of aryl methyl sites for hydroxylation is 1. The van der Waals surface area contributed by atoms with Gasteiger partial charge in [-0.1, -0.05) is 13.8 Å². The highest BCUT2D eigenvalue weighted by molar-refractivity contribution is 7.06. The van der Waals surface area contributed by atoms with E-state index in [-0.39, 0.29) is 0 Å². The summed E-state index contributed by atoms with van der Waals surface area (Å²) in [5.41, 5.74) is 1.62. The number of nitrogens with one attached hydrogen (secondary N) is 1. The molecule has 0 radical (unpaired) electrons. The SMILES string of the molecule is CNCC1C(c2cc(C)ns2)C1(C)C. The van der Waals surface area contributed by atoms with Gasteiger partial charge in [0.05, 0.1) is 5.69 Å². The van der Waals surface area contributed by atoms with Gasteiger partial charge < -0.3 is 5.32 Å². The van der Waals surface area contributed by atoms with Crippen LogP contribution in [0.4, 0.5) is 0 Å². The molecule has 14 heavy (non-hydrogen) atoms. The standard InChI is InChI=1S/C11H18N2S/c1-7-5-9(14-13-7)10-8(6-12-4)11(10,2)3/h5,8,10,12H,6H2,1-4H3. The van der Waals surface area contributed by atoms with Crippen LogP contribution in [0.2, 0.25) is 0 Å². The van der Waals surface area contributed by atoms with Crippen LogP contribution in [0.1, 0.15) is 30.3 Å². The van der Waals surface area contributed by atoms with Crippen LogP contribution >= 0.6 is 11.5 Å². The molecule has 3 heteroatoms. The maximum atomic E-state index is 4.36. The number of hydrogen-bond donors (Lipinski definition) is 1. The topological polar surface area (TPSA) is 24.9 Å². The molecule has 1 fully saturated rings. The Bertz CT molecular complexity index is 330. The summed E-state index contributed by atoms with van der Waals surface area (Å²) in [6.07, 6.45) is 0. The molecular formula is C11H18N2S. The van der Waals surface area contributed by atoms with E-state index in [1.165, 1.54) is 4.88 Å². The third-order valence-electron chi connectivity index (χ3n) is 3.43. The summed E-state index contributed by atoms with van der Waals surface area (Å²) < 4.78 is 4.36. The van der Waals surface area contributed by atoms with Gasteiger partial charge in [-0.15, -0.1) is 0 Å². The van der Waals surface area contributed by atoms with Gasteiger partial charge in [-0.25, -0.2) is 0 Å². The molecule has 1 aliphatic rings. The van der Waals surface area contributed by atoms with E-state index in [1.54, 1.807) is 11.5 Å². The van der Waals surface area contributed by atoms with Crippen LogP contribution in [0.15, 0.2) is 6.07 Å². The lowest BCUT2D eigenvalue weighted by Gasteiger charge is -1.99. The molecule has 1 aromatic heterocycles. The monoisotopic (exact) mass is 210 g/mol. The first kappa shape index (κ1) is 10.1. The van der Waals surface area contributed by atoms with Crippen molar-refractivity contribution in [3.8, 4) is 0 Å². The van der Waals surface area contributed by atoms with Gasteiger partial charge in [0.2, 0.25) is 0 Å². The Morgan fingerprint density at radius 1 is 1.57 bits per heavy atom. The van der Waals surface area contributed by atoms with Crippen LogP contribution in [0.3, 0.4) is 0 Å². The maximum Gasteiger partial charge on any atom is 0.0514 e. The minimum absolute atomic E-state index is 0.460. The molecule has 1 heterocycles. The predicted octanol–water partition coefficient (Wildman–Crippen LogP) is 2.41. The Morgan fingerprint density at radius 3 is 2.79 bits per heavy atom. The van der Waals surface area contributed by atoms with Crippen molar-refractivity contribution in [2.45, 2.75) is 26.7 Å². The van der Waals surface area contributed by atoms with E-state index in [2.05, 4.69) is 36.5 Å². The largest absolute Gasteiger partial charge is 0.319 e. The van der Waals surface area contributed by atoms with Crippen molar-refractivity contribution < 1.29 is 0 Å². The molecule has 0 spiro atoms. The molecule has 2 unspecified atom stereocenters. The summed E-state index contributed by atoms with van der Waals surface area (Å²) in [6.45, 7) is 7.90. The summed E-state index contributed by atoms with van der Waals surface area (Å²) >= 11 is 1.67. The van der Waals surface area contributed by atoms with Crippen LogP contribution in [-0.2, 0) is 0 Å². The zero-order valence-corrected chi connectivity index (χ0v) is 10.1. The van der Waals surface area contributed by atoms with Gasteiger partial charge in [0, 0.05) is 10.8 Å². The van der Waals surface area contributed by atoms with E-state index < -0.39 is 0 Å². The lowest BCUT2D eigenvalue weighted by Crippen LogP contribution is -2.12. The minimum Gasteiger partial charge on any atom is -0.319 e. The van der Waals surface area contributed by atoms with E-state index in [0.717, 1.165) is 24.1 Å². The fourth-order valence-electron chi connectivity index (χ4n) is 2.44. The molecule has 2 rings (SSSR count). The molecule has 2 nitrogen and oxygen atoms in total. The van der Waals surface area contributed by atoms with E-state index >= 15 is 0 Å². The van der Waals surface area contributed by atoms with E-state index in [9.17, 15) is 0 Å². The van der Waals surface area contributed by atoms with Crippen molar-refractivity contribution in [1.29, 1.82) is 0 Å². The molecule has 0 saturated heterocycles. The smallest absolute Gasteiger partial charge is 0.0514 e. The van der Waals surface area contributed by atoms with Crippen molar-refractivity contribution in [2.24, 2.45) is 11.3 Å². The lowest BCUT2D eigenvalue weighted by atomic mass is 10.1. The van der Waals surface area contributed by atoms with Crippen molar-refractivity contribution in [2.75, 3.05) is 13.6 Å². The van der Waals surface area contributed by atoms with E-state index in [0.29, 0.717) is 5.41 Å². The molecule has 0 amide bonds. The van der Waals surface area contributed by atoms with Crippen LogP contribution in [0.25, 0.3) is 0 Å². The number of hydrogen-bond acceptors (Lipinski definition) is 3. The highest BCUT2D eigenvalue weighted by atomic mass is 32.1. The molecule has 1 N–H and O–H groups in total. The molecule has 78 valence electrons. The van der Waals surface area contributed by atoms with E-state index in [1.807, 2.05) is 7.05 Å². The Labute approximate surface area is 89.9 Å². The summed E-state index contributed by atoms with van der Waals surface area (Å²) in [6, 6.07) is 2.24. The summed E-state index contributed by atoms with van der Waals surface area (Å²) in [7, 11) is 2.03. The molecule has 0 bridgehead atoms. The van der Waals surface area contributed by atoms with Gasteiger partial charge in [-0.3, -0.25) is 0 Å². The molecule has 2 atom stereocenters. The third-order valence-corrected chi connectivity index (χ3v) is 4.39. The second kappa shape index (κ2) is 3.31. The molecule has 1 aliphatic carbocycles. The zero-order chi connectivity index (χ0) is 10.3. The van der Waals surface area contributed by atoms with Gasteiger partial charge in [0.1, 0.15) is 0 Å². The highest BCUT2D eigenvalue weighted by Gasteiger charge is 2.58. The molecule has 1 aromatic rings. The van der Waals surface area contributed by atoms with Crippen molar-refractivity contribution >= 4 is 11.5 Å². The first-order valence-electron chi connectivity index (χ1n) is 5.15. The van der Waals surface area contributed by atoms with Gasteiger partial charge in [0.25, 0.3) is 0 Å². The van der Waals surface area contributed by atoms with Crippen LogP contribution < -0.4 is 5.32 Å². The minimum atomic E-state index is 0.460. The summed E-state index contributed by atoms with van der Waals surface area (Å²) in [5, 5.41) is 3.28. The lowest BCUT2D eigenvalue weighted by molar-refractivity contribution is 0.537. The average molecular weight is 210 g/mol. The Balaban J connectivity index is 2.14. The van der Waals surface area contributed by atoms with Crippen molar-refractivity contribution in [3.63, 3.8) is 0 Å². The fourth-order valence-corrected chi connectivity index (χ4v) is 3.55. The molecule has 0 aromatic carbocycles. The number of aromatic nitrogens is 1. The van der Waals surface area contributed by atoms with Gasteiger partial charge in [-0.05, 0) is 49.4 Å². The second-order valence-electron chi connectivity index (χ2n) is 4.83. The average Bonchev–Trinajstić information content (AvgIpc) is 2.46. The van der Waals surface area contributed by atoms with E-state index in [4.69, 9.17) is 0 Å². The van der Waals surface area contributed by atoms with Gasteiger partial charge in [-0.2, -0.15) is 4.37 Å². The van der Waals surface area contributed by atoms with Crippen LogP contribution in [-0.4, -0.2) is 18.0 Å². The first-order chi connectivity index (χ1) is 6.57. The Morgan fingerprint density at radius 2 is 2.29 bits per heavy atom. The van der Waals surface area contributed by atoms with Gasteiger partial charge in [0.15, 0.2) is 0 Å². The summed E-state index contributed by atoms with van der Waals surface area (Å²) in [4.78, 5) is 1.47. The predicted molar refractivity (Wildman–Crippen MR) is 60.8 cm³/mol. The molecule has 0 aliphatic heterocycles. The Hall–Kier alpha value is -0.410. The number of rotatable bonds is 3. The third kappa shape index (κ3) is 1.48. The van der Waals surface area contributed by atoms with Crippen molar-refractivity contribution in [3.05, 3.63) is 16.6 Å². The van der Waals surface area contributed by atoms with Gasteiger partial charge >= 0.3 is 0 Å². The first-order valence-corrected chi connectivity index (χ1v) is 5.92. The normalized spacial score (nSPS) is 29.1. The zero-order valence-electron chi connectivity index (χ0n) is 9.29. The van der Waals surface area contributed by atoms with Crippen molar-refractivity contribution in [1.82, 2.24) is 9.69 Å². The fraction of sp³-hybridized carbons (Fsp3) is 0.727. The molecule has 1 saturated carbocycles. The Kier molecular flexibility index (Phi) is 2.40. The highest BCUT2D eigenvalue weighted by Crippen LogP contribution is 2.64. The molecular weight excluding hydrogens is 192 g/mol. The number of nitrogens with zero attached hydrogens (tertiary/aromatic N) is 1. The van der Waals surface area contributed by atoms with Crippen LogP contribution in [0.5, 0.6) is 0 Å². The summed E-state index contributed by atoms with van der Waals surface area (Å²) in [5.74, 6) is 1.51. The van der Waals surface area contributed by atoms with Crippen LogP contribution in [0, 0.1) is 18.3 Å². The second-order valence-corrected chi connectivity index (χ2v) is 5.67. The quantitative estimate of drug-likeness (QED) is 0.828.